The first kappa shape index (κ1) is 29.1. The van der Waals surface area contributed by atoms with Gasteiger partial charge in [-0.05, 0) is 25.0 Å². The Kier molecular flexibility index (Phi) is 15.1. The van der Waals surface area contributed by atoms with Gasteiger partial charge in [0.2, 0.25) is 0 Å². The maximum Gasteiger partial charge on any atom is 0.303 e. The van der Waals surface area contributed by atoms with Gasteiger partial charge in [-0.2, -0.15) is 0 Å². The summed E-state index contributed by atoms with van der Waals surface area (Å²) in [5.41, 5.74) is 1.10. The fraction of sp³-hybridized carbons (Fsp3) is 0.700. The molecule has 196 valence electrons. The Hall–Kier alpha value is -2.17. The Morgan fingerprint density at radius 2 is 0.857 bits per heavy atom. The van der Waals surface area contributed by atoms with E-state index in [2.05, 4.69) is 0 Å². The fourth-order valence-corrected chi connectivity index (χ4v) is 4.99. The van der Waals surface area contributed by atoms with Gasteiger partial charge in [0.1, 0.15) is 0 Å². The highest BCUT2D eigenvalue weighted by Gasteiger charge is 2.34. The molecule has 0 fully saturated rings. The predicted molar refractivity (Wildman–Crippen MR) is 142 cm³/mol. The molecule has 2 amide bonds. The Morgan fingerprint density at radius 3 is 1.20 bits per heavy atom. The van der Waals surface area contributed by atoms with Gasteiger partial charge in [0.25, 0.3) is 11.8 Å². The molecular weight excluding hydrogens is 438 g/mol. The maximum absolute atomic E-state index is 12.3. The molecular formula is C30H47NO4. The van der Waals surface area contributed by atoms with Crippen LogP contribution in [0.3, 0.4) is 0 Å². The van der Waals surface area contributed by atoms with Gasteiger partial charge in [0, 0.05) is 13.0 Å². The Morgan fingerprint density at radius 1 is 0.543 bits per heavy atom. The molecule has 0 aromatic heterocycles. The summed E-state index contributed by atoms with van der Waals surface area (Å²) < 4.78 is 0. The molecule has 1 aliphatic heterocycles. The van der Waals surface area contributed by atoms with Gasteiger partial charge in [-0.15, -0.1) is 0 Å². The van der Waals surface area contributed by atoms with Crippen LogP contribution in [0.2, 0.25) is 0 Å². The van der Waals surface area contributed by atoms with Crippen LogP contribution >= 0.6 is 0 Å². The molecule has 35 heavy (non-hydrogen) atoms. The van der Waals surface area contributed by atoms with Crippen LogP contribution in [0.5, 0.6) is 0 Å². The molecule has 1 N–H and O–H groups in total. The second-order valence-electron chi connectivity index (χ2n) is 10.2. The first-order chi connectivity index (χ1) is 17.1. The van der Waals surface area contributed by atoms with Crippen LogP contribution in [0.25, 0.3) is 0 Å². The molecule has 2 rings (SSSR count). The van der Waals surface area contributed by atoms with Crippen molar-refractivity contribution >= 4 is 17.8 Å². The lowest BCUT2D eigenvalue weighted by molar-refractivity contribution is -0.137. The van der Waals surface area contributed by atoms with E-state index < -0.39 is 5.97 Å². The second-order valence-corrected chi connectivity index (χ2v) is 10.2. The minimum absolute atomic E-state index is 0.132. The van der Waals surface area contributed by atoms with E-state index in [4.69, 9.17) is 5.11 Å². The van der Waals surface area contributed by atoms with Crippen LogP contribution in [0.1, 0.15) is 149 Å². The highest BCUT2D eigenvalue weighted by atomic mass is 16.4. The molecule has 0 radical (unpaired) electrons. The van der Waals surface area contributed by atoms with Crippen molar-refractivity contribution in [1.82, 2.24) is 4.90 Å². The van der Waals surface area contributed by atoms with Crippen molar-refractivity contribution in [3.05, 3.63) is 35.4 Å². The van der Waals surface area contributed by atoms with E-state index in [9.17, 15) is 14.4 Å². The number of carbonyl (C=O) groups is 3. The summed E-state index contributed by atoms with van der Waals surface area (Å²) in [4.78, 5) is 36.6. The first-order valence-corrected chi connectivity index (χ1v) is 14.3. The summed E-state index contributed by atoms with van der Waals surface area (Å²) >= 11 is 0. The van der Waals surface area contributed by atoms with Gasteiger partial charge in [-0.25, -0.2) is 0 Å². The van der Waals surface area contributed by atoms with Crippen molar-refractivity contribution < 1.29 is 19.5 Å². The zero-order valence-electron chi connectivity index (χ0n) is 21.8. The number of carboxylic acid groups (broad SMARTS) is 1. The number of aliphatic carboxylic acids is 1. The third kappa shape index (κ3) is 11.9. The second kappa shape index (κ2) is 18.1. The minimum Gasteiger partial charge on any atom is -0.481 e. The highest BCUT2D eigenvalue weighted by molar-refractivity contribution is 6.21. The van der Waals surface area contributed by atoms with E-state index in [1.165, 1.54) is 101 Å². The monoisotopic (exact) mass is 485 g/mol. The van der Waals surface area contributed by atoms with Crippen molar-refractivity contribution in [2.24, 2.45) is 0 Å². The van der Waals surface area contributed by atoms with Crippen molar-refractivity contribution in [2.45, 2.75) is 128 Å². The van der Waals surface area contributed by atoms with Crippen molar-refractivity contribution in [2.75, 3.05) is 6.54 Å². The zero-order chi connectivity index (χ0) is 25.1. The first-order valence-electron chi connectivity index (χ1n) is 14.3. The molecule has 1 aromatic rings. The maximum atomic E-state index is 12.3. The molecule has 0 saturated carbocycles. The highest BCUT2D eigenvalue weighted by Crippen LogP contribution is 2.23. The molecule has 1 aromatic carbocycles. The van der Waals surface area contributed by atoms with Crippen molar-refractivity contribution in [1.29, 1.82) is 0 Å². The quantitative estimate of drug-likeness (QED) is 0.133. The number of fused-ring (bicyclic) bond motifs is 1. The summed E-state index contributed by atoms with van der Waals surface area (Å²) in [6, 6.07) is 7.12. The number of hydrogen-bond acceptors (Lipinski definition) is 3. The molecule has 1 aliphatic rings. The van der Waals surface area contributed by atoms with Gasteiger partial charge in [0.15, 0.2) is 0 Å². The third-order valence-electron chi connectivity index (χ3n) is 7.15. The zero-order valence-corrected chi connectivity index (χ0v) is 21.8. The number of rotatable bonds is 22. The van der Waals surface area contributed by atoms with E-state index in [0.29, 0.717) is 24.1 Å². The summed E-state index contributed by atoms with van der Waals surface area (Å²) in [7, 11) is 0. The molecule has 0 aliphatic carbocycles. The molecule has 0 bridgehead atoms. The van der Waals surface area contributed by atoms with Crippen LogP contribution in [-0.2, 0) is 4.79 Å². The summed E-state index contributed by atoms with van der Waals surface area (Å²) in [6.07, 6.45) is 23.8. The molecule has 0 unspecified atom stereocenters. The van der Waals surface area contributed by atoms with Crippen molar-refractivity contribution in [3.63, 3.8) is 0 Å². The topological polar surface area (TPSA) is 74.7 Å². The van der Waals surface area contributed by atoms with Crippen LogP contribution in [0.4, 0.5) is 0 Å². The number of nitrogens with zero attached hydrogens (tertiary/aromatic N) is 1. The molecule has 5 heteroatoms. The van der Waals surface area contributed by atoms with Crippen LogP contribution < -0.4 is 0 Å². The van der Waals surface area contributed by atoms with Crippen LogP contribution in [0.15, 0.2) is 24.3 Å². The fourth-order valence-electron chi connectivity index (χ4n) is 4.99. The number of carbonyl (C=O) groups excluding carboxylic acids is 2. The smallest absolute Gasteiger partial charge is 0.303 e. The average molecular weight is 486 g/mol. The van der Waals surface area contributed by atoms with Gasteiger partial charge < -0.3 is 5.11 Å². The van der Waals surface area contributed by atoms with Crippen molar-refractivity contribution in [3.8, 4) is 0 Å². The lowest BCUT2D eigenvalue weighted by atomic mass is 10.0. The molecule has 1 heterocycles. The van der Waals surface area contributed by atoms with E-state index in [1.54, 1.807) is 12.1 Å². The SMILES string of the molecule is O=C(O)CCCCCCCCCCCCCCCCCCCCCN1C(=O)c2ccccc2C1=O. The van der Waals surface area contributed by atoms with Gasteiger partial charge in [-0.3, -0.25) is 19.3 Å². The Bertz CT molecular complexity index is 725. The standard InChI is InChI=1S/C30H47NO4/c32-28(33)24-18-16-14-12-10-8-6-4-2-1-3-5-7-9-11-13-15-17-21-25-31-29(34)26-22-19-20-23-27(26)30(31)35/h19-20,22-23H,1-18,21,24-25H2,(H,32,33). The van der Waals surface area contributed by atoms with Gasteiger partial charge in [-0.1, -0.05) is 121 Å². The molecule has 0 saturated heterocycles. The lowest BCUT2D eigenvalue weighted by Gasteiger charge is -2.13. The van der Waals surface area contributed by atoms with E-state index in [0.717, 1.165) is 25.7 Å². The normalized spacial score (nSPS) is 13.0. The number of unbranched alkanes of at least 4 members (excludes halogenated alkanes) is 18. The largest absolute Gasteiger partial charge is 0.481 e. The molecule has 0 atom stereocenters. The minimum atomic E-state index is -0.670. The number of imide groups is 1. The average Bonchev–Trinajstić information content (AvgIpc) is 3.09. The van der Waals surface area contributed by atoms with Crippen LogP contribution in [0, 0.1) is 0 Å². The summed E-state index contributed by atoms with van der Waals surface area (Å²) in [5, 5.41) is 8.61. The van der Waals surface area contributed by atoms with E-state index in [1.807, 2.05) is 12.1 Å². The van der Waals surface area contributed by atoms with E-state index in [-0.39, 0.29) is 11.8 Å². The molecule has 0 spiro atoms. The number of carboxylic acids is 1. The molecule has 5 nitrogen and oxygen atoms in total. The lowest BCUT2D eigenvalue weighted by Crippen LogP contribution is -2.30. The summed E-state index contributed by atoms with van der Waals surface area (Å²) in [6.45, 7) is 0.543. The predicted octanol–water partition coefficient (Wildman–Crippen LogP) is 8.17. The third-order valence-corrected chi connectivity index (χ3v) is 7.15. The van der Waals surface area contributed by atoms with Crippen LogP contribution in [-0.4, -0.2) is 34.3 Å². The van der Waals surface area contributed by atoms with E-state index >= 15 is 0 Å². The Labute approximate surface area is 212 Å². The number of benzene rings is 1. The Balaban J connectivity index is 1.28. The van der Waals surface area contributed by atoms with Gasteiger partial charge in [0.05, 0.1) is 11.1 Å². The number of amides is 2. The summed E-state index contributed by atoms with van der Waals surface area (Å²) in [5.74, 6) is -0.934. The number of hydrogen-bond donors (Lipinski definition) is 1. The van der Waals surface area contributed by atoms with Gasteiger partial charge >= 0.3 is 5.97 Å².